The Hall–Kier alpha value is -0.530. The molecule has 1 atom stereocenters. The number of halogens is 8. The lowest BCUT2D eigenvalue weighted by Gasteiger charge is -2.25. The van der Waals surface area contributed by atoms with Gasteiger partial charge in [-0.05, 0) is 0 Å². The molecule has 9 heteroatoms. The van der Waals surface area contributed by atoms with Crippen LogP contribution in [0, 0.1) is 0 Å². The minimum atomic E-state index is -6.44. The third-order valence-electron chi connectivity index (χ3n) is 0.997. The van der Waals surface area contributed by atoms with E-state index in [1.54, 1.807) is 0 Å². The van der Waals surface area contributed by atoms with E-state index >= 15 is 0 Å². The molecule has 1 nitrogen and oxygen atoms in total. The van der Waals surface area contributed by atoms with Crippen molar-refractivity contribution < 1.29 is 35.5 Å². The highest BCUT2D eigenvalue weighted by molar-refractivity contribution is 6.33. The van der Waals surface area contributed by atoms with Crippen LogP contribution in [0.15, 0.2) is 0 Å². The number of hydrogen-bond donors (Lipinski definition) is 0. The number of hydrogen-bond acceptors (Lipinski definition) is 1. The van der Waals surface area contributed by atoms with Gasteiger partial charge in [-0.25, -0.2) is 4.39 Å². The maximum Gasteiger partial charge on any atom is 0.458 e. The van der Waals surface area contributed by atoms with E-state index < -0.39 is 23.3 Å². The molecule has 0 heterocycles. The van der Waals surface area contributed by atoms with Gasteiger partial charge in [0, 0.05) is 0 Å². The quantitative estimate of drug-likeness (QED) is 0.406. The van der Waals surface area contributed by atoms with Gasteiger partial charge in [0.1, 0.15) is 0 Å². The van der Waals surface area contributed by atoms with Crippen LogP contribution in [-0.2, 0) is 4.79 Å². The van der Waals surface area contributed by atoms with Crippen LogP contribution < -0.4 is 0 Å². The Morgan fingerprint density at radius 3 is 1.38 bits per heavy atom. The van der Waals surface area contributed by atoms with Crippen LogP contribution in [-0.4, -0.2) is 23.3 Å². The molecule has 0 aromatic carbocycles. The van der Waals surface area contributed by atoms with Gasteiger partial charge in [0.25, 0.3) is 0 Å². The van der Waals surface area contributed by atoms with Crippen molar-refractivity contribution in [2.45, 2.75) is 17.2 Å². The minimum absolute atomic E-state index is 3.60. The van der Waals surface area contributed by atoms with E-state index in [1.165, 1.54) is 0 Å². The Morgan fingerprint density at radius 1 is 1.00 bits per heavy atom. The van der Waals surface area contributed by atoms with E-state index in [1.807, 2.05) is 0 Å². The molecule has 0 bridgehead atoms. The van der Waals surface area contributed by atoms with Gasteiger partial charge in [0.05, 0.1) is 0 Å². The molecule has 0 fully saturated rings. The molecule has 0 radical (unpaired) electrons. The zero-order chi connectivity index (χ0) is 11.1. The van der Waals surface area contributed by atoms with Gasteiger partial charge >= 0.3 is 23.3 Å². The summed E-state index contributed by atoms with van der Waals surface area (Å²) >= 11 is 3.79. The molecule has 0 rings (SSSR count). The molecule has 0 aromatic rings. The van der Waals surface area contributed by atoms with Gasteiger partial charge in [0.15, 0.2) is 0 Å². The Balaban J connectivity index is 5.16. The fourth-order valence-electron chi connectivity index (χ4n) is 0.301. The van der Waals surface area contributed by atoms with Crippen molar-refractivity contribution in [3.05, 3.63) is 0 Å². The van der Waals surface area contributed by atoms with Gasteiger partial charge in [-0.3, -0.25) is 4.79 Å². The van der Waals surface area contributed by atoms with E-state index in [9.17, 15) is 35.5 Å². The van der Waals surface area contributed by atoms with E-state index in [-0.39, 0.29) is 0 Å². The van der Waals surface area contributed by atoms with Crippen molar-refractivity contribution in [3.63, 3.8) is 0 Å². The Labute approximate surface area is 71.5 Å². The summed E-state index contributed by atoms with van der Waals surface area (Å²) in [6.07, 6.45) is -6.44. The number of carbonyl (C=O) groups excluding carboxylic acids is 1. The normalized spacial score (nSPS) is 18.2. The molecule has 0 aliphatic heterocycles. The first-order valence-electron chi connectivity index (χ1n) is 2.47. The summed E-state index contributed by atoms with van der Waals surface area (Å²) in [6, 6.07) is -3.60. The van der Waals surface area contributed by atoms with Crippen LogP contribution in [0.4, 0.5) is 30.7 Å². The maximum atomic E-state index is 12.1. The molecule has 1 unspecified atom stereocenters. The lowest BCUT2D eigenvalue weighted by atomic mass is 10.2. The van der Waals surface area contributed by atoms with Crippen molar-refractivity contribution in [2.24, 2.45) is 0 Å². The highest BCUT2D eigenvalue weighted by atomic mass is 35.5. The van der Waals surface area contributed by atoms with Crippen LogP contribution >= 0.6 is 11.6 Å². The summed E-state index contributed by atoms with van der Waals surface area (Å²) in [5.41, 5.74) is 0. The molecule has 0 aliphatic rings. The fourth-order valence-corrected chi connectivity index (χ4v) is 0.409. The average Bonchev–Trinajstić information content (AvgIpc) is 1.84. The molecule has 0 aromatic heterocycles. The first-order chi connectivity index (χ1) is 5.44. The smallest absolute Gasteiger partial charge is 0.256 e. The van der Waals surface area contributed by atoms with Gasteiger partial charge in [-0.15, -0.1) is 0 Å². The van der Waals surface area contributed by atoms with Crippen LogP contribution in [0.3, 0.4) is 0 Å². The number of carbonyl (C=O) groups is 1. The second-order valence-corrected chi connectivity index (χ2v) is 2.44. The SMILES string of the molecule is O=C(F)C(F)(Cl)C(F)(F)C(F)(F)F. The molecular formula is C4ClF7O. The summed E-state index contributed by atoms with van der Waals surface area (Å²) in [5.74, 6) is -6.27. The maximum absolute atomic E-state index is 12.1. The minimum Gasteiger partial charge on any atom is -0.256 e. The summed E-state index contributed by atoms with van der Waals surface area (Å²) < 4.78 is 81.1. The summed E-state index contributed by atoms with van der Waals surface area (Å²) in [5, 5.41) is -5.41. The predicted octanol–water partition coefficient (Wildman–Crippen LogP) is 2.58. The Morgan fingerprint density at radius 2 is 1.31 bits per heavy atom. The standard InChI is InChI=1S/C4ClF7O/c5-2(7,1(6)13)3(8,9)4(10,11)12. The zero-order valence-electron chi connectivity index (χ0n) is 5.43. The van der Waals surface area contributed by atoms with Crippen LogP contribution in [0.1, 0.15) is 0 Å². The second kappa shape index (κ2) is 3.00. The predicted molar refractivity (Wildman–Crippen MR) is 26.8 cm³/mol. The van der Waals surface area contributed by atoms with Gasteiger partial charge in [-0.1, -0.05) is 11.6 Å². The molecule has 0 saturated heterocycles. The van der Waals surface area contributed by atoms with E-state index in [0.29, 0.717) is 0 Å². The number of alkyl halides is 7. The summed E-state index contributed by atoms with van der Waals surface area (Å²) in [6.45, 7) is 0. The number of rotatable bonds is 2. The Kier molecular flexibility index (Phi) is 2.88. The largest absolute Gasteiger partial charge is 0.458 e. The molecular weight excluding hydrogens is 232 g/mol. The zero-order valence-corrected chi connectivity index (χ0v) is 6.19. The lowest BCUT2D eigenvalue weighted by molar-refractivity contribution is -0.308. The van der Waals surface area contributed by atoms with Crippen LogP contribution in [0.5, 0.6) is 0 Å². The van der Waals surface area contributed by atoms with Crippen molar-refractivity contribution in [3.8, 4) is 0 Å². The molecule has 78 valence electrons. The van der Waals surface area contributed by atoms with E-state index in [4.69, 9.17) is 0 Å². The first kappa shape index (κ1) is 12.5. The van der Waals surface area contributed by atoms with Crippen molar-refractivity contribution in [2.75, 3.05) is 0 Å². The summed E-state index contributed by atoms with van der Waals surface area (Å²) in [7, 11) is 0. The topological polar surface area (TPSA) is 17.1 Å². The highest BCUT2D eigenvalue weighted by Crippen LogP contribution is 2.48. The Bertz CT molecular complexity index is 219. The monoisotopic (exact) mass is 232 g/mol. The lowest BCUT2D eigenvalue weighted by Crippen LogP contribution is -2.54. The van der Waals surface area contributed by atoms with Gasteiger partial charge in [-0.2, -0.15) is 26.3 Å². The average molecular weight is 232 g/mol. The van der Waals surface area contributed by atoms with E-state index in [2.05, 4.69) is 11.6 Å². The third kappa shape index (κ3) is 1.87. The van der Waals surface area contributed by atoms with E-state index in [0.717, 1.165) is 0 Å². The third-order valence-corrected chi connectivity index (χ3v) is 1.38. The molecule has 0 N–H and O–H groups in total. The molecule has 0 aliphatic carbocycles. The molecule has 0 amide bonds. The fraction of sp³-hybridized carbons (Fsp3) is 0.750. The van der Waals surface area contributed by atoms with Crippen molar-refractivity contribution in [1.82, 2.24) is 0 Å². The van der Waals surface area contributed by atoms with Crippen LogP contribution in [0.25, 0.3) is 0 Å². The summed E-state index contributed by atoms with van der Waals surface area (Å²) in [4.78, 5) is 9.41. The van der Waals surface area contributed by atoms with Gasteiger partial charge < -0.3 is 0 Å². The second-order valence-electron chi connectivity index (χ2n) is 1.92. The molecule has 0 saturated carbocycles. The molecule has 13 heavy (non-hydrogen) atoms. The van der Waals surface area contributed by atoms with Crippen molar-refractivity contribution >= 4 is 17.6 Å². The first-order valence-corrected chi connectivity index (χ1v) is 2.84. The molecule has 0 spiro atoms. The van der Waals surface area contributed by atoms with Crippen molar-refractivity contribution in [1.29, 1.82) is 0 Å². The highest BCUT2D eigenvalue weighted by Gasteiger charge is 2.75. The van der Waals surface area contributed by atoms with Gasteiger partial charge in [0.2, 0.25) is 0 Å². The van der Waals surface area contributed by atoms with Crippen LogP contribution in [0.2, 0.25) is 0 Å².